The summed E-state index contributed by atoms with van der Waals surface area (Å²) in [5.41, 5.74) is 12.6. The number of halogens is 4. The fourth-order valence-electron chi connectivity index (χ4n) is 21.0. The van der Waals surface area contributed by atoms with E-state index < -0.39 is 38.1 Å². The van der Waals surface area contributed by atoms with Crippen molar-refractivity contribution in [2.75, 3.05) is 19.6 Å². The van der Waals surface area contributed by atoms with Gasteiger partial charge in [0.25, 0.3) is 0 Å². The number of phenols is 7. The van der Waals surface area contributed by atoms with Gasteiger partial charge < -0.3 is 85.6 Å². The molecule has 766 valence electrons. The molecule has 0 spiro atoms. The third-order valence-electron chi connectivity index (χ3n) is 28.4. The molecule has 4 aliphatic rings. The van der Waals surface area contributed by atoms with Crippen LogP contribution in [0.15, 0.2) is 364 Å². The first kappa shape index (κ1) is 106. The highest BCUT2D eigenvalue weighted by Crippen LogP contribution is 2.53. The molecule has 0 radical (unpaired) electrons. The maximum Gasteiger partial charge on any atom is 0.356 e. The van der Waals surface area contributed by atoms with E-state index in [1.807, 2.05) is 164 Å². The fraction of sp³-hybridized carbons (Fsp3) is 0.230. The smallest absolute Gasteiger partial charge is 0.356 e. The summed E-state index contributed by atoms with van der Waals surface area (Å²) in [5.74, 6) is -1.46. The van der Waals surface area contributed by atoms with Gasteiger partial charge in [-0.2, -0.15) is 0 Å². The maximum absolute atomic E-state index is 13.3. The number of carbonyl (C=O) groups excluding carboxylic acids is 4. The number of phenolic OH excluding ortho intramolecular Hbond substituents is 7. The highest BCUT2D eigenvalue weighted by molar-refractivity contribution is 7.60. The molecule has 4 fully saturated rings. The third-order valence-corrected chi connectivity index (χ3v) is 29.3. The fourth-order valence-corrected chi connectivity index (χ4v) is 21.5. The Kier molecular flexibility index (Phi) is 34.9. The first-order valence-corrected chi connectivity index (χ1v) is 51.5. The Balaban J connectivity index is 0.000000142. The van der Waals surface area contributed by atoms with Gasteiger partial charge in [0.2, 0.25) is 23.6 Å². The highest BCUT2D eigenvalue weighted by Gasteiger charge is 2.47. The van der Waals surface area contributed by atoms with E-state index in [0.717, 1.165) is 45.0 Å². The summed E-state index contributed by atoms with van der Waals surface area (Å²) in [4.78, 5) is 78.7. The zero-order valence-electron chi connectivity index (χ0n) is 81.5. The molecule has 19 rings (SSSR count). The van der Waals surface area contributed by atoms with Gasteiger partial charge in [0.05, 0.1) is 53.9 Å². The van der Waals surface area contributed by atoms with E-state index in [9.17, 15) is 107 Å². The van der Waals surface area contributed by atoms with E-state index in [-0.39, 0.29) is 141 Å². The van der Waals surface area contributed by atoms with E-state index in [4.69, 9.17) is 0 Å². The maximum atomic E-state index is 13.3. The average molecular weight is 2030 g/mol. The molecule has 0 bridgehead atoms. The number of nitrogens with zero attached hydrogens (tertiary/aromatic N) is 4. The van der Waals surface area contributed by atoms with Gasteiger partial charge in [-0.3, -0.25) is 23.7 Å². The molecule has 13 N–H and O–H groups in total. The van der Waals surface area contributed by atoms with Crippen LogP contribution in [0.2, 0.25) is 0 Å². The Hall–Kier alpha value is -15.5. The Bertz CT molecular complexity index is 6910. The van der Waals surface area contributed by atoms with Crippen LogP contribution in [0.3, 0.4) is 0 Å². The Labute approximate surface area is 861 Å². The van der Waals surface area contributed by atoms with E-state index in [0.29, 0.717) is 152 Å². The summed E-state index contributed by atoms with van der Waals surface area (Å²) in [7, 11) is -4.36. The van der Waals surface area contributed by atoms with E-state index in [1.54, 1.807) is 147 Å². The standard InChI is InChI=1S/C32H31FNO6P.2C32H30FNO4.C26H26FNO4/c33-25-14-9-22(10-15-25)29(35)8-4-5-24-20-31(37)34(26-6-2-1-3-7-26)32(24)28-18-13-23(19-30(28)36)21-11-16-27(17-12-21)41(38,39)40;2*33-25-15-12-21(13-16-25)29(36)11-5-7-24-20-31(38)34(26-8-2-1-3-9-26)32(24)28-17-14-23(19-30(28)37)22-6-4-10-27(35)18-22;27-19-11-9-17(10-12-19)23(30)8-4-5-18-15-25(32)28(20-6-2-1-3-7-20)26(18)22-14-13-21(29)16-24(22)31/h1-3,6-7,9-19,24,29,32,35-36H,4-5,8,20H2,(H2,38,39,40);2*1-4,6,8-10,12-19,24,29,32,35-37H,5,7,11,20H2;1-3,6-7,9-14,16,18,23,26,29-31H,4-5,8,15H2/t2*24-,29+,32+;24-,29-,32-;18-,23-,26-/m1100/s1. The number of para-hydroxylation sites is 4. The lowest BCUT2D eigenvalue weighted by Gasteiger charge is -2.30. The summed E-state index contributed by atoms with van der Waals surface area (Å²) >= 11 is 0. The normalized spacial score (nSPS) is 18.3. The number of hydrogen-bond donors (Lipinski definition) is 13. The first-order valence-electron chi connectivity index (χ1n) is 49.8. The lowest BCUT2D eigenvalue weighted by Crippen LogP contribution is -2.28. The molecule has 12 atom stereocenters. The minimum Gasteiger partial charge on any atom is -0.508 e. The molecule has 22 nitrogen and oxygen atoms in total. The molecule has 4 amide bonds. The second kappa shape index (κ2) is 48.9. The van der Waals surface area contributed by atoms with Crippen LogP contribution >= 0.6 is 7.60 Å². The first-order chi connectivity index (χ1) is 71.9. The molecule has 0 unspecified atom stereocenters. The molecule has 15 aromatic rings. The summed E-state index contributed by atoms with van der Waals surface area (Å²) in [6.45, 7) is 0. The van der Waals surface area contributed by atoms with Crippen molar-refractivity contribution in [3.63, 3.8) is 0 Å². The second-order valence-corrected chi connectivity index (χ2v) is 39.9. The van der Waals surface area contributed by atoms with Crippen LogP contribution in [0.5, 0.6) is 40.2 Å². The molecule has 0 aromatic heterocycles. The van der Waals surface area contributed by atoms with Crippen LogP contribution in [0.25, 0.3) is 33.4 Å². The number of amides is 4. The van der Waals surface area contributed by atoms with Gasteiger partial charge in [0.15, 0.2) is 0 Å². The van der Waals surface area contributed by atoms with Gasteiger partial charge in [-0.25, -0.2) is 17.6 Å². The summed E-state index contributed by atoms with van der Waals surface area (Å²) in [6, 6.07) is 99.4. The van der Waals surface area contributed by atoms with Gasteiger partial charge in [-0.05, 0) is 294 Å². The zero-order chi connectivity index (χ0) is 105. The van der Waals surface area contributed by atoms with Crippen LogP contribution < -0.4 is 24.9 Å². The Morgan fingerprint density at radius 1 is 0.255 bits per heavy atom. The van der Waals surface area contributed by atoms with Gasteiger partial charge >= 0.3 is 7.60 Å². The van der Waals surface area contributed by atoms with Crippen molar-refractivity contribution in [1.29, 1.82) is 0 Å². The molecule has 15 aromatic carbocycles. The number of aliphatic hydroxyl groups excluding tert-OH is 4. The van der Waals surface area contributed by atoms with Gasteiger partial charge in [-0.15, -0.1) is 0 Å². The molecule has 4 aliphatic heterocycles. The Morgan fingerprint density at radius 2 is 0.483 bits per heavy atom. The van der Waals surface area contributed by atoms with Crippen molar-refractivity contribution < 1.29 is 107 Å². The highest BCUT2D eigenvalue weighted by atomic mass is 31.2. The van der Waals surface area contributed by atoms with Gasteiger partial charge in [0, 0.05) is 76.8 Å². The molecule has 27 heteroatoms. The SMILES string of the molecule is O=C1C[C@@H](CCC[C@H](O)c2ccc(F)cc2)[C@@H](c2ccc(-c3ccc(P(=O)(O)O)cc3)cc2O)N1c1ccccc1.O=C1C[C@@H](CCC[C@H](O)c2ccc(F)cc2)[C@@H](c2ccc(-c3cccc(O)c3)cc2O)N1c1ccccc1.O=C1C[C@H](CCC[C@H](O)c2ccc(F)cc2)[C@@H](c2ccc(-c3cccc(O)c3)cc2O)N1c1ccccc1.O=C1C[C@H](CCC[C@H](O)c2ccc(F)cc2)[C@@H](c2ccc(O)cc2O)N1c1ccccc1. The van der Waals surface area contributed by atoms with Crippen LogP contribution in [0, 0.1) is 46.9 Å². The summed E-state index contributed by atoms with van der Waals surface area (Å²) in [6.07, 6.45) is 5.54. The van der Waals surface area contributed by atoms with Gasteiger partial charge in [0.1, 0.15) is 63.5 Å². The summed E-state index contributed by atoms with van der Waals surface area (Å²) in [5, 5.41) is 116. The zero-order valence-corrected chi connectivity index (χ0v) is 82.4. The minimum absolute atomic E-state index is 0.0123. The number of carbonyl (C=O) groups is 4. The van der Waals surface area contributed by atoms with E-state index in [1.165, 1.54) is 72.8 Å². The molecule has 4 saturated heterocycles. The second-order valence-electron chi connectivity index (χ2n) is 38.3. The van der Waals surface area contributed by atoms with Crippen molar-refractivity contribution >= 4 is 59.3 Å². The minimum atomic E-state index is -4.36. The van der Waals surface area contributed by atoms with Crippen LogP contribution in [-0.2, 0) is 23.7 Å². The van der Waals surface area contributed by atoms with Crippen LogP contribution in [0.4, 0.5) is 40.3 Å². The lowest BCUT2D eigenvalue weighted by molar-refractivity contribution is -0.118. The number of aromatic hydroxyl groups is 7. The van der Waals surface area contributed by atoms with Crippen molar-refractivity contribution in [3.05, 3.63) is 432 Å². The third kappa shape index (κ3) is 26.4. The topological polar surface area (TPSA) is 361 Å². The number of rotatable bonds is 32. The molecule has 149 heavy (non-hydrogen) atoms. The molecular formula is C122H117F4N4O18P. The predicted octanol–water partition coefficient (Wildman–Crippen LogP) is 25.0. The van der Waals surface area contributed by atoms with Crippen molar-refractivity contribution in [2.45, 2.75) is 151 Å². The van der Waals surface area contributed by atoms with E-state index >= 15 is 0 Å². The average Bonchev–Trinajstić information content (AvgIpc) is 1.68. The van der Waals surface area contributed by atoms with Crippen molar-refractivity contribution in [2.24, 2.45) is 23.7 Å². The Morgan fingerprint density at radius 3 is 0.725 bits per heavy atom. The summed E-state index contributed by atoms with van der Waals surface area (Å²) < 4.78 is 64.4. The molecule has 0 aliphatic carbocycles. The molecule has 4 heterocycles. The van der Waals surface area contributed by atoms with Crippen LogP contribution in [0.1, 0.15) is 196 Å². The van der Waals surface area contributed by atoms with Crippen LogP contribution in [-0.4, -0.2) is 89.6 Å². The number of hydrogen-bond acceptors (Lipinski definition) is 16. The number of benzene rings is 15. The predicted molar refractivity (Wildman–Crippen MR) is 565 cm³/mol. The quantitative estimate of drug-likeness (QED) is 0.0138. The largest absolute Gasteiger partial charge is 0.508 e. The molecular weight excluding hydrogens is 1920 g/mol. The number of anilines is 4. The van der Waals surface area contributed by atoms with E-state index in [2.05, 4.69) is 0 Å². The lowest BCUT2D eigenvalue weighted by atomic mass is 9.87. The van der Waals surface area contributed by atoms with Crippen molar-refractivity contribution in [1.82, 2.24) is 0 Å². The molecule has 0 saturated carbocycles. The monoisotopic (exact) mass is 2030 g/mol. The number of aliphatic hydroxyl groups is 4. The van der Waals surface area contributed by atoms with Crippen molar-refractivity contribution in [3.8, 4) is 73.6 Å². The van der Waals surface area contributed by atoms with Gasteiger partial charge in [-0.1, -0.05) is 220 Å².